The number of benzene rings is 3. The van der Waals surface area contributed by atoms with Gasteiger partial charge in [0.15, 0.2) is 0 Å². The molecule has 202 valence electrons. The van der Waals surface area contributed by atoms with Crippen molar-refractivity contribution in [1.82, 2.24) is 14.5 Å². The van der Waals surface area contributed by atoms with Gasteiger partial charge in [-0.2, -0.15) is 4.31 Å². The van der Waals surface area contributed by atoms with Crippen molar-refractivity contribution < 1.29 is 18.0 Å². The van der Waals surface area contributed by atoms with E-state index in [1.54, 1.807) is 0 Å². The van der Waals surface area contributed by atoms with Gasteiger partial charge in [0.05, 0.1) is 11.4 Å². The molecule has 0 aliphatic rings. The first kappa shape index (κ1) is 29.4. The molecule has 38 heavy (non-hydrogen) atoms. The van der Waals surface area contributed by atoms with Gasteiger partial charge in [-0.25, -0.2) is 8.42 Å². The maximum atomic E-state index is 13.8. The van der Waals surface area contributed by atoms with Crippen LogP contribution in [-0.4, -0.2) is 55.6 Å². The second-order valence-corrected chi connectivity index (χ2v) is 11.7. The smallest absolute Gasteiger partial charge is 0.243 e. The Morgan fingerprint density at radius 2 is 1.61 bits per heavy atom. The summed E-state index contributed by atoms with van der Waals surface area (Å²) in [7, 11) is -2.60. The van der Waals surface area contributed by atoms with Crippen LogP contribution in [0.2, 0.25) is 5.02 Å². The van der Waals surface area contributed by atoms with Gasteiger partial charge >= 0.3 is 0 Å². The Bertz CT molecular complexity index is 1330. The number of rotatable bonds is 12. The molecule has 0 saturated heterocycles. The van der Waals surface area contributed by atoms with Crippen LogP contribution in [0.5, 0.6) is 0 Å². The second kappa shape index (κ2) is 13.6. The lowest BCUT2D eigenvalue weighted by Crippen LogP contribution is -2.53. The summed E-state index contributed by atoms with van der Waals surface area (Å²) in [5, 5.41) is 3.33. The number of nitrogens with zero attached hydrogens (tertiary/aromatic N) is 2. The first-order valence-corrected chi connectivity index (χ1v) is 14.3. The Morgan fingerprint density at radius 1 is 0.947 bits per heavy atom. The summed E-state index contributed by atoms with van der Waals surface area (Å²) in [5.74, 6) is -0.751. The number of aryl methyl sites for hydroxylation is 1. The Kier molecular flexibility index (Phi) is 10.5. The van der Waals surface area contributed by atoms with Crippen molar-refractivity contribution in [3.05, 3.63) is 101 Å². The molecule has 3 rings (SSSR count). The number of likely N-dealkylation sites (N-methyl/N-ethyl adjacent to an activating group) is 1. The second-order valence-electron chi connectivity index (χ2n) is 9.22. The fraction of sp³-hybridized carbons (Fsp3) is 0.310. The van der Waals surface area contributed by atoms with E-state index < -0.39 is 28.5 Å². The zero-order valence-corrected chi connectivity index (χ0v) is 23.5. The minimum Gasteiger partial charge on any atom is -0.354 e. The zero-order chi connectivity index (χ0) is 27.7. The van der Waals surface area contributed by atoms with Crippen LogP contribution in [0.4, 0.5) is 0 Å². The van der Waals surface area contributed by atoms with Gasteiger partial charge in [0, 0.05) is 31.6 Å². The van der Waals surface area contributed by atoms with Crippen LogP contribution < -0.4 is 5.32 Å². The van der Waals surface area contributed by atoms with Crippen molar-refractivity contribution in [3.8, 4) is 0 Å². The van der Waals surface area contributed by atoms with E-state index in [-0.39, 0.29) is 17.3 Å². The monoisotopic (exact) mass is 555 g/mol. The maximum Gasteiger partial charge on any atom is 0.243 e. The number of amides is 2. The molecule has 0 aromatic heterocycles. The van der Waals surface area contributed by atoms with Gasteiger partial charge in [-0.1, -0.05) is 78.7 Å². The fourth-order valence-corrected chi connectivity index (χ4v) is 5.33. The Labute approximate surface area is 230 Å². The highest BCUT2D eigenvalue weighted by atomic mass is 35.5. The summed E-state index contributed by atoms with van der Waals surface area (Å²) < 4.78 is 27.4. The number of halogens is 1. The summed E-state index contributed by atoms with van der Waals surface area (Å²) in [5.41, 5.74) is 2.77. The van der Waals surface area contributed by atoms with Crippen LogP contribution in [0, 0.1) is 6.92 Å². The van der Waals surface area contributed by atoms with Gasteiger partial charge in [-0.15, -0.1) is 0 Å². The minimum absolute atomic E-state index is 0.0314. The highest BCUT2D eigenvalue weighted by Gasteiger charge is 2.33. The molecule has 0 bridgehead atoms. The molecule has 0 fully saturated rings. The van der Waals surface area contributed by atoms with Crippen molar-refractivity contribution >= 4 is 33.4 Å². The van der Waals surface area contributed by atoms with Crippen LogP contribution in [0.25, 0.3) is 0 Å². The molecule has 1 atom stereocenters. The number of hydrogen-bond acceptors (Lipinski definition) is 4. The molecule has 9 heteroatoms. The van der Waals surface area contributed by atoms with Gasteiger partial charge in [-0.3, -0.25) is 9.59 Å². The van der Waals surface area contributed by atoms with Gasteiger partial charge in [0.1, 0.15) is 6.04 Å². The van der Waals surface area contributed by atoms with Gasteiger partial charge in [-0.05, 0) is 48.7 Å². The number of nitrogens with one attached hydrogen (secondary N) is 1. The molecular formula is C29H34ClN3O4S. The number of sulfonamides is 1. The topological polar surface area (TPSA) is 86.8 Å². The summed E-state index contributed by atoms with van der Waals surface area (Å²) in [6, 6.07) is 22.1. The molecule has 0 aliphatic carbocycles. The molecule has 0 radical (unpaired) electrons. The molecular weight excluding hydrogens is 522 g/mol. The summed E-state index contributed by atoms with van der Waals surface area (Å²) >= 11 is 5.92. The van der Waals surface area contributed by atoms with E-state index in [1.165, 1.54) is 36.2 Å². The third kappa shape index (κ3) is 7.90. The largest absolute Gasteiger partial charge is 0.354 e. The van der Waals surface area contributed by atoms with E-state index in [0.29, 0.717) is 18.0 Å². The van der Waals surface area contributed by atoms with E-state index in [4.69, 9.17) is 11.6 Å². The molecule has 3 aromatic rings. The van der Waals surface area contributed by atoms with Gasteiger partial charge in [0.2, 0.25) is 21.8 Å². The SMILES string of the molecule is CCCNC(=O)[C@H](Cc1ccccc1)N(Cc1cccc(C)c1)C(=O)CN(C)S(=O)(=O)c1ccc(Cl)cc1. The normalized spacial score (nSPS) is 12.2. The number of carbonyl (C=O) groups excluding carboxylic acids is 2. The molecule has 0 aliphatic heterocycles. The average molecular weight is 556 g/mol. The van der Waals surface area contributed by atoms with Crippen LogP contribution in [0.1, 0.15) is 30.0 Å². The zero-order valence-electron chi connectivity index (χ0n) is 21.9. The minimum atomic E-state index is -3.96. The standard InChI is InChI=1S/C29H34ClN3O4S/c1-4-17-31-29(35)27(19-23-10-6-5-7-11-23)33(20-24-12-8-9-22(2)18-24)28(34)21-32(3)38(36,37)26-15-13-25(30)14-16-26/h5-16,18,27H,4,17,19-21H2,1-3H3,(H,31,35)/t27-/m0/s1. The number of carbonyl (C=O) groups is 2. The molecule has 0 saturated carbocycles. The highest BCUT2D eigenvalue weighted by Crippen LogP contribution is 2.20. The molecule has 0 unspecified atom stereocenters. The van der Waals surface area contributed by atoms with E-state index in [9.17, 15) is 18.0 Å². The van der Waals surface area contributed by atoms with E-state index in [2.05, 4.69) is 5.32 Å². The Balaban J connectivity index is 1.96. The third-order valence-electron chi connectivity index (χ3n) is 6.14. The molecule has 7 nitrogen and oxygen atoms in total. The lowest BCUT2D eigenvalue weighted by Gasteiger charge is -2.32. The molecule has 0 heterocycles. The Morgan fingerprint density at radius 3 is 2.24 bits per heavy atom. The number of hydrogen-bond donors (Lipinski definition) is 1. The van der Waals surface area contributed by atoms with Crippen molar-refractivity contribution in [2.24, 2.45) is 0 Å². The Hall–Kier alpha value is -3.20. The van der Waals surface area contributed by atoms with Crippen molar-refractivity contribution in [3.63, 3.8) is 0 Å². The quantitative estimate of drug-likeness (QED) is 0.358. The lowest BCUT2D eigenvalue weighted by atomic mass is 10.0. The average Bonchev–Trinajstić information content (AvgIpc) is 2.90. The van der Waals surface area contributed by atoms with Crippen molar-refractivity contribution in [1.29, 1.82) is 0 Å². The fourth-order valence-electron chi connectivity index (χ4n) is 4.08. The maximum absolute atomic E-state index is 13.8. The van der Waals surface area contributed by atoms with Crippen LogP contribution >= 0.6 is 11.6 Å². The van der Waals surface area contributed by atoms with Crippen LogP contribution in [-0.2, 0) is 32.6 Å². The third-order valence-corrected chi connectivity index (χ3v) is 8.21. The highest BCUT2D eigenvalue weighted by molar-refractivity contribution is 7.89. The van der Waals surface area contributed by atoms with E-state index in [1.807, 2.05) is 68.4 Å². The van der Waals surface area contributed by atoms with Crippen molar-refractivity contribution in [2.45, 2.75) is 44.2 Å². The first-order chi connectivity index (χ1) is 18.1. The summed E-state index contributed by atoms with van der Waals surface area (Å²) in [6.45, 7) is 4.12. The summed E-state index contributed by atoms with van der Waals surface area (Å²) in [6.07, 6.45) is 1.04. The van der Waals surface area contributed by atoms with Crippen LogP contribution in [0.15, 0.2) is 83.8 Å². The molecule has 0 spiro atoms. The predicted molar refractivity (Wildman–Crippen MR) is 150 cm³/mol. The van der Waals surface area contributed by atoms with E-state index >= 15 is 0 Å². The molecule has 2 amide bonds. The summed E-state index contributed by atoms with van der Waals surface area (Å²) in [4.78, 5) is 28.7. The predicted octanol–water partition coefficient (Wildman–Crippen LogP) is 4.44. The van der Waals surface area contributed by atoms with Crippen molar-refractivity contribution in [2.75, 3.05) is 20.1 Å². The van der Waals surface area contributed by atoms with Gasteiger partial charge in [0.25, 0.3) is 0 Å². The molecule has 1 N–H and O–H groups in total. The first-order valence-electron chi connectivity index (χ1n) is 12.5. The lowest BCUT2D eigenvalue weighted by molar-refractivity contribution is -0.141. The molecule has 3 aromatic carbocycles. The van der Waals surface area contributed by atoms with Gasteiger partial charge < -0.3 is 10.2 Å². The van der Waals surface area contributed by atoms with Crippen LogP contribution in [0.3, 0.4) is 0 Å². The van der Waals surface area contributed by atoms with E-state index in [0.717, 1.165) is 27.4 Å².